The molecule has 1 saturated heterocycles. The summed E-state index contributed by atoms with van der Waals surface area (Å²) in [6.07, 6.45) is 3.10. The molecule has 2 heterocycles. The normalized spacial score (nSPS) is 20.8. The minimum absolute atomic E-state index is 0.239. The Hall–Kier alpha value is -3.21. The summed E-state index contributed by atoms with van der Waals surface area (Å²) in [7, 11) is 0. The SMILES string of the molecule is N#CC1(c2ccc(N3C[C@H](Cn4cc(C=O)nn4)OC3=O)cc2)CC1. The molecule has 8 nitrogen and oxygen atoms in total. The summed E-state index contributed by atoms with van der Waals surface area (Å²) >= 11 is 0. The van der Waals surface area contributed by atoms with Gasteiger partial charge in [0, 0.05) is 5.69 Å². The number of hydrogen-bond acceptors (Lipinski definition) is 6. The van der Waals surface area contributed by atoms with Gasteiger partial charge in [-0.2, -0.15) is 5.26 Å². The highest BCUT2D eigenvalue weighted by atomic mass is 16.6. The van der Waals surface area contributed by atoms with Crippen molar-refractivity contribution < 1.29 is 14.3 Å². The number of hydrogen-bond donors (Lipinski definition) is 0. The zero-order chi connectivity index (χ0) is 17.4. The number of ether oxygens (including phenoxy) is 1. The molecule has 1 aromatic carbocycles. The van der Waals surface area contributed by atoms with Gasteiger partial charge >= 0.3 is 6.09 Å². The lowest BCUT2D eigenvalue weighted by Crippen LogP contribution is -2.26. The van der Waals surface area contributed by atoms with E-state index in [2.05, 4.69) is 16.4 Å². The van der Waals surface area contributed by atoms with Crippen LogP contribution in [0.15, 0.2) is 30.5 Å². The second-order valence-electron chi connectivity index (χ2n) is 6.34. The minimum Gasteiger partial charge on any atom is -0.442 e. The molecule has 25 heavy (non-hydrogen) atoms. The van der Waals surface area contributed by atoms with Crippen molar-refractivity contribution in [1.29, 1.82) is 5.26 Å². The third kappa shape index (κ3) is 2.74. The van der Waals surface area contributed by atoms with E-state index in [9.17, 15) is 14.9 Å². The smallest absolute Gasteiger partial charge is 0.414 e. The van der Waals surface area contributed by atoms with Crippen molar-refractivity contribution in [3.63, 3.8) is 0 Å². The number of rotatable bonds is 5. The van der Waals surface area contributed by atoms with E-state index >= 15 is 0 Å². The highest BCUT2D eigenvalue weighted by Crippen LogP contribution is 2.47. The summed E-state index contributed by atoms with van der Waals surface area (Å²) in [6, 6.07) is 9.85. The van der Waals surface area contributed by atoms with Crippen LogP contribution in [0.4, 0.5) is 10.5 Å². The fraction of sp³-hybridized carbons (Fsp3) is 0.353. The number of benzene rings is 1. The molecule has 126 valence electrons. The maximum atomic E-state index is 12.1. The molecule has 0 radical (unpaired) electrons. The first-order valence-corrected chi connectivity index (χ1v) is 7.99. The van der Waals surface area contributed by atoms with Gasteiger partial charge in [0.15, 0.2) is 6.29 Å². The van der Waals surface area contributed by atoms with Crippen molar-refractivity contribution in [2.45, 2.75) is 30.9 Å². The van der Waals surface area contributed by atoms with Gasteiger partial charge in [-0.1, -0.05) is 17.3 Å². The van der Waals surface area contributed by atoms with Crippen molar-refractivity contribution in [2.24, 2.45) is 0 Å². The highest BCUT2D eigenvalue weighted by molar-refractivity contribution is 5.89. The molecule has 2 fully saturated rings. The van der Waals surface area contributed by atoms with Crippen LogP contribution in [-0.2, 0) is 16.7 Å². The zero-order valence-electron chi connectivity index (χ0n) is 13.3. The van der Waals surface area contributed by atoms with Gasteiger partial charge in [-0.05, 0) is 30.5 Å². The average molecular weight is 337 g/mol. The number of nitriles is 1. The lowest BCUT2D eigenvalue weighted by atomic mass is 9.97. The van der Waals surface area contributed by atoms with E-state index in [1.807, 2.05) is 24.3 Å². The predicted octanol–water partition coefficient (Wildman–Crippen LogP) is 1.67. The Kier molecular flexibility index (Phi) is 3.50. The zero-order valence-corrected chi connectivity index (χ0v) is 13.3. The molecule has 2 aliphatic rings. The third-order valence-electron chi connectivity index (χ3n) is 4.64. The Labute approximate surface area is 143 Å². The monoisotopic (exact) mass is 337 g/mol. The van der Waals surface area contributed by atoms with Crippen LogP contribution in [0, 0.1) is 11.3 Å². The number of carbonyl (C=O) groups is 2. The molecule has 4 rings (SSSR count). The summed E-state index contributed by atoms with van der Waals surface area (Å²) in [4.78, 5) is 24.3. The summed E-state index contributed by atoms with van der Waals surface area (Å²) in [6.45, 7) is 0.719. The quantitative estimate of drug-likeness (QED) is 0.769. The lowest BCUT2D eigenvalue weighted by molar-refractivity contribution is 0.111. The molecule has 1 aliphatic heterocycles. The second kappa shape index (κ2) is 5.70. The van der Waals surface area contributed by atoms with E-state index in [-0.39, 0.29) is 17.2 Å². The molecule has 8 heteroatoms. The molecule has 1 amide bonds. The van der Waals surface area contributed by atoms with Crippen molar-refractivity contribution in [1.82, 2.24) is 15.0 Å². The first-order chi connectivity index (χ1) is 12.1. The maximum absolute atomic E-state index is 12.1. The van der Waals surface area contributed by atoms with Gasteiger partial charge < -0.3 is 4.74 Å². The van der Waals surface area contributed by atoms with E-state index in [0.29, 0.717) is 19.4 Å². The van der Waals surface area contributed by atoms with Gasteiger partial charge in [0.1, 0.15) is 11.8 Å². The summed E-state index contributed by atoms with van der Waals surface area (Å²) in [5.41, 5.74) is 1.63. The first kappa shape index (κ1) is 15.3. The van der Waals surface area contributed by atoms with E-state index in [0.717, 1.165) is 24.1 Å². The Morgan fingerprint density at radius 1 is 1.36 bits per heavy atom. The summed E-state index contributed by atoms with van der Waals surface area (Å²) in [5.74, 6) is 0. The molecular formula is C17H15N5O3. The summed E-state index contributed by atoms with van der Waals surface area (Å²) < 4.78 is 6.85. The number of aldehydes is 1. The summed E-state index contributed by atoms with van der Waals surface area (Å²) in [5, 5.41) is 16.8. The molecule has 0 spiro atoms. The Morgan fingerprint density at radius 3 is 2.72 bits per heavy atom. The van der Waals surface area contributed by atoms with Gasteiger partial charge in [0.05, 0.1) is 30.8 Å². The lowest BCUT2D eigenvalue weighted by Gasteiger charge is -2.14. The van der Waals surface area contributed by atoms with E-state index in [1.54, 1.807) is 4.90 Å². The number of aromatic nitrogens is 3. The second-order valence-corrected chi connectivity index (χ2v) is 6.34. The molecule has 0 unspecified atom stereocenters. The average Bonchev–Trinajstić information content (AvgIpc) is 3.17. The van der Waals surface area contributed by atoms with Crippen LogP contribution in [0.3, 0.4) is 0 Å². The van der Waals surface area contributed by atoms with E-state index < -0.39 is 6.09 Å². The third-order valence-corrected chi connectivity index (χ3v) is 4.64. The van der Waals surface area contributed by atoms with Crippen molar-refractivity contribution >= 4 is 18.1 Å². The van der Waals surface area contributed by atoms with E-state index in [1.165, 1.54) is 10.9 Å². The molecule has 0 N–H and O–H groups in total. The number of amides is 1. The van der Waals surface area contributed by atoms with Gasteiger partial charge in [0.25, 0.3) is 0 Å². The van der Waals surface area contributed by atoms with Crippen LogP contribution >= 0.6 is 0 Å². The minimum atomic E-state index is -0.421. The van der Waals surface area contributed by atoms with Crippen LogP contribution in [0.25, 0.3) is 0 Å². The standard InChI is InChI=1S/C17H15N5O3/c18-11-17(5-6-17)12-1-3-14(4-2-12)22-9-15(25-16(22)24)8-21-7-13(10-23)19-20-21/h1-4,7,10,15H,5-6,8-9H2/t15-/m0/s1. The van der Waals surface area contributed by atoms with Gasteiger partial charge in [0.2, 0.25) is 0 Å². The molecule has 1 aliphatic carbocycles. The van der Waals surface area contributed by atoms with Gasteiger partial charge in [-0.15, -0.1) is 5.10 Å². The Morgan fingerprint density at radius 2 is 2.12 bits per heavy atom. The van der Waals surface area contributed by atoms with Gasteiger partial charge in [-0.3, -0.25) is 9.69 Å². The van der Waals surface area contributed by atoms with Crippen LogP contribution in [0.5, 0.6) is 0 Å². The highest BCUT2D eigenvalue weighted by Gasteiger charge is 2.45. The topological polar surface area (TPSA) is 101 Å². The molecule has 2 aromatic rings. The van der Waals surface area contributed by atoms with E-state index in [4.69, 9.17) is 4.74 Å². The number of anilines is 1. The van der Waals surface area contributed by atoms with Crippen molar-refractivity contribution in [3.8, 4) is 6.07 Å². The predicted molar refractivity (Wildman–Crippen MR) is 86.0 cm³/mol. The fourth-order valence-corrected chi connectivity index (χ4v) is 3.04. The largest absolute Gasteiger partial charge is 0.442 e. The van der Waals surface area contributed by atoms with Crippen molar-refractivity contribution in [3.05, 3.63) is 41.7 Å². The fourth-order valence-electron chi connectivity index (χ4n) is 3.04. The maximum Gasteiger partial charge on any atom is 0.414 e. The molecular weight excluding hydrogens is 322 g/mol. The van der Waals surface area contributed by atoms with Crippen LogP contribution in [-0.4, -0.2) is 40.0 Å². The molecule has 1 aromatic heterocycles. The van der Waals surface area contributed by atoms with Crippen LogP contribution < -0.4 is 4.90 Å². The van der Waals surface area contributed by atoms with Crippen LogP contribution in [0.1, 0.15) is 28.9 Å². The number of nitrogens with zero attached hydrogens (tertiary/aromatic N) is 5. The number of carbonyl (C=O) groups excluding carboxylic acids is 2. The van der Waals surface area contributed by atoms with Gasteiger partial charge in [-0.25, -0.2) is 9.48 Å². The Balaban J connectivity index is 1.45. The first-order valence-electron chi connectivity index (χ1n) is 7.99. The van der Waals surface area contributed by atoms with Crippen LogP contribution in [0.2, 0.25) is 0 Å². The molecule has 0 bridgehead atoms. The molecule has 1 atom stereocenters. The number of cyclic esters (lactones) is 1. The Bertz CT molecular complexity index is 863. The van der Waals surface area contributed by atoms with Crippen molar-refractivity contribution in [2.75, 3.05) is 11.4 Å². The molecule has 1 saturated carbocycles.